The minimum atomic E-state index is -0.708. The number of fused-ring (bicyclic) bond motifs is 1. The Morgan fingerprint density at radius 1 is 1.02 bits per heavy atom. The summed E-state index contributed by atoms with van der Waals surface area (Å²) in [6, 6.07) is 20.8. The Bertz CT molecular complexity index is 1460. The van der Waals surface area contributed by atoms with E-state index in [9.17, 15) is 14.4 Å². The molecule has 3 aromatic carbocycles. The molecule has 1 fully saturated rings. The Kier molecular flexibility index (Phi) is 8.71. The number of amides is 2. The smallest absolute Gasteiger partial charge is 0.308 e. The first kappa shape index (κ1) is 28.3. The van der Waals surface area contributed by atoms with E-state index >= 15 is 0 Å². The van der Waals surface area contributed by atoms with Crippen LogP contribution < -0.4 is 25.4 Å². The Balaban J connectivity index is 1.20. The van der Waals surface area contributed by atoms with Crippen LogP contribution in [0.15, 0.2) is 78.0 Å². The van der Waals surface area contributed by atoms with E-state index < -0.39 is 17.9 Å². The predicted molar refractivity (Wildman–Crippen MR) is 152 cm³/mol. The maximum atomic E-state index is 13.1. The van der Waals surface area contributed by atoms with Gasteiger partial charge in [-0.1, -0.05) is 41.6 Å². The van der Waals surface area contributed by atoms with E-state index in [2.05, 4.69) is 10.5 Å². The molecule has 0 aromatic heterocycles. The van der Waals surface area contributed by atoms with E-state index in [1.54, 1.807) is 42.5 Å². The average Bonchev–Trinajstić information content (AvgIpc) is 3.49. The molecule has 0 radical (unpaired) electrons. The van der Waals surface area contributed by atoms with Crippen molar-refractivity contribution >= 4 is 29.3 Å². The number of amidine groups is 1. The number of hydrogen-bond acceptors (Lipinski definition) is 9. The van der Waals surface area contributed by atoms with Crippen molar-refractivity contribution in [3.63, 3.8) is 0 Å². The highest BCUT2D eigenvalue weighted by atomic mass is 16.7. The molecule has 0 spiro atoms. The van der Waals surface area contributed by atoms with Gasteiger partial charge < -0.3 is 40.3 Å². The second-order valence-electron chi connectivity index (χ2n) is 9.85. The molecule has 0 saturated carbocycles. The van der Waals surface area contributed by atoms with Crippen LogP contribution in [-0.2, 0) is 25.7 Å². The van der Waals surface area contributed by atoms with Crippen LogP contribution in [0.1, 0.15) is 29.2 Å². The van der Waals surface area contributed by atoms with Gasteiger partial charge in [-0.25, -0.2) is 0 Å². The number of oxime groups is 1. The molecule has 1 unspecified atom stereocenters. The monoisotopic (exact) mass is 573 g/mol. The highest BCUT2D eigenvalue weighted by Gasteiger charge is 2.28. The van der Waals surface area contributed by atoms with Gasteiger partial charge in [-0.2, -0.15) is 0 Å². The number of nitrogens with two attached hydrogens (primary N) is 1. The maximum Gasteiger partial charge on any atom is 0.308 e. The van der Waals surface area contributed by atoms with Gasteiger partial charge in [0, 0.05) is 24.3 Å². The van der Waals surface area contributed by atoms with Gasteiger partial charge in [0.1, 0.15) is 6.61 Å². The van der Waals surface area contributed by atoms with Crippen molar-refractivity contribution in [2.75, 3.05) is 37.9 Å². The fourth-order valence-electron chi connectivity index (χ4n) is 4.76. The number of hydrogen-bond donors (Lipinski definition) is 3. The van der Waals surface area contributed by atoms with Crippen LogP contribution in [0, 0.1) is 0 Å². The predicted octanol–water partition coefficient (Wildman–Crippen LogP) is 2.15. The van der Waals surface area contributed by atoms with Gasteiger partial charge in [-0.3, -0.25) is 14.4 Å². The number of piperazine rings is 1. The Morgan fingerprint density at radius 2 is 1.79 bits per heavy atom. The second kappa shape index (κ2) is 12.9. The molecule has 12 nitrogen and oxygen atoms in total. The molecule has 1 atom stereocenters. The number of benzene rings is 3. The van der Waals surface area contributed by atoms with Crippen LogP contribution in [0.3, 0.4) is 0 Å². The number of esters is 1. The maximum absolute atomic E-state index is 13.1. The lowest BCUT2D eigenvalue weighted by molar-refractivity contribution is -0.146. The van der Waals surface area contributed by atoms with Crippen LogP contribution in [0.25, 0.3) is 0 Å². The van der Waals surface area contributed by atoms with E-state index in [1.807, 2.05) is 35.2 Å². The molecule has 0 bridgehead atoms. The number of ether oxygens (including phenoxy) is 3. The largest absolute Gasteiger partial charge is 0.461 e. The zero-order valence-electron chi connectivity index (χ0n) is 22.8. The quantitative estimate of drug-likeness (QED) is 0.109. The minimum Gasteiger partial charge on any atom is -0.461 e. The van der Waals surface area contributed by atoms with Crippen molar-refractivity contribution in [2.45, 2.75) is 19.1 Å². The Hall–Kier alpha value is -5.26. The van der Waals surface area contributed by atoms with Crippen LogP contribution in [0.2, 0.25) is 0 Å². The molecule has 3 aromatic rings. The molecule has 5 rings (SSSR count). The fraction of sp³-hybridized carbons (Fsp3) is 0.267. The molecule has 4 N–H and O–H groups in total. The van der Waals surface area contributed by atoms with Crippen LogP contribution in [0.4, 0.5) is 5.69 Å². The van der Waals surface area contributed by atoms with Crippen molar-refractivity contribution in [1.82, 2.24) is 10.2 Å². The van der Waals surface area contributed by atoms with Gasteiger partial charge in [0.25, 0.3) is 0 Å². The molecule has 1 saturated heterocycles. The zero-order chi connectivity index (χ0) is 29.5. The highest BCUT2D eigenvalue weighted by Crippen LogP contribution is 2.35. The van der Waals surface area contributed by atoms with E-state index in [0.717, 1.165) is 11.3 Å². The number of anilines is 1. The molecule has 2 aliphatic rings. The second-order valence-corrected chi connectivity index (χ2v) is 9.85. The van der Waals surface area contributed by atoms with Crippen molar-refractivity contribution in [3.05, 3.63) is 89.5 Å². The zero-order valence-corrected chi connectivity index (χ0v) is 22.8. The summed E-state index contributed by atoms with van der Waals surface area (Å²) < 4.78 is 16.3. The minimum absolute atomic E-state index is 0.00281. The number of carbonyl (C=O) groups excluding carboxylic acids is 3. The third-order valence-electron chi connectivity index (χ3n) is 7.04. The van der Waals surface area contributed by atoms with Crippen LogP contribution in [-0.4, -0.2) is 66.7 Å². The summed E-state index contributed by atoms with van der Waals surface area (Å²) in [5.74, 6) is 0.00687. The summed E-state index contributed by atoms with van der Waals surface area (Å²) in [5, 5.41) is 14.7. The number of rotatable bonds is 10. The lowest BCUT2D eigenvalue weighted by Crippen LogP contribution is -2.53. The molecule has 218 valence electrons. The van der Waals surface area contributed by atoms with E-state index in [4.69, 9.17) is 25.2 Å². The van der Waals surface area contributed by atoms with Gasteiger partial charge >= 0.3 is 5.97 Å². The summed E-state index contributed by atoms with van der Waals surface area (Å²) in [6.07, 6.45) is -0.110. The summed E-state index contributed by atoms with van der Waals surface area (Å²) in [6.45, 7) is 0.994. The van der Waals surface area contributed by atoms with E-state index in [1.165, 1.54) is 4.90 Å². The Labute approximate surface area is 242 Å². The third kappa shape index (κ3) is 6.89. The van der Waals surface area contributed by atoms with E-state index in [0.29, 0.717) is 35.7 Å². The van der Waals surface area contributed by atoms with Gasteiger partial charge in [0.15, 0.2) is 17.3 Å². The lowest BCUT2D eigenvalue weighted by atomic mass is 10.0. The van der Waals surface area contributed by atoms with Crippen molar-refractivity contribution in [2.24, 2.45) is 10.9 Å². The molecule has 2 amide bonds. The van der Waals surface area contributed by atoms with Crippen molar-refractivity contribution in [3.8, 4) is 11.5 Å². The van der Waals surface area contributed by atoms with Gasteiger partial charge in [0.2, 0.25) is 18.6 Å². The van der Waals surface area contributed by atoms with Crippen molar-refractivity contribution < 1.29 is 33.8 Å². The molecular weight excluding hydrogens is 542 g/mol. The molecular formula is C30H31N5O7. The van der Waals surface area contributed by atoms with E-state index in [-0.39, 0.29) is 44.7 Å². The van der Waals surface area contributed by atoms with Crippen LogP contribution >= 0.6 is 0 Å². The first-order valence-electron chi connectivity index (χ1n) is 13.4. The topological polar surface area (TPSA) is 156 Å². The normalized spacial score (nSPS) is 15.3. The van der Waals surface area contributed by atoms with Crippen molar-refractivity contribution in [1.29, 1.82) is 0 Å². The molecule has 12 heteroatoms. The molecule has 0 aliphatic carbocycles. The van der Waals surface area contributed by atoms with Gasteiger partial charge in [-0.15, -0.1) is 0 Å². The average molecular weight is 574 g/mol. The summed E-state index contributed by atoms with van der Waals surface area (Å²) in [7, 11) is 0. The number of carbonyl (C=O) groups is 3. The molecule has 42 heavy (non-hydrogen) atoms. The summed E-state index contributed by atoms with van der Waals surface area (Å²) in [5.41, 5.74) is 8.49. The highest BCUT2D eigenvalue weighted by molar-refractivity contribution is 5.97. The van der Waals surface area contributed by atoms with Crippen LogP contribution in [0.5, 0.6) is 11.5 Å². The number of nitrogens with zero attached hydrogens (tertiary/aromatic N) is 3. The van der Waals surface area contributed by atoms with Gasteiger partial charge in [0.05, 0.1) is 25.6 Å². The standard InChI is InChI=1S/C30H31N5O7/c31-30(33-39)21-6-9-23(10-7-21)34-12-13-35(28(37)17-34)16-27(36)32-24(22-8-11-25-26(14-22)42-19-41-25)15-29(38)40-18-20-4-2-1-3-5-20/h1-11,14,24,39H,12-13,15-19H2,(H2,31,33)(H,32,36). The first-order valence-corrected chi connectivity index (χ1v) is 13.4. The lowest BCUT2D eigenvalue weighted by Gasteiger charge is -2.35. The Morgan fingerprint density at radius 3 is 2.52 bits per heavy atom. The van der Waals surface area contributed by atoms with Gasteiger partial charge in [-0.05, 0) is 47.5 Å². The number of nitrogens with one attached hydrogen (secondary N) is 1. The fourth-order valence-corrected chi connectivity index (χ4v) is 4.76. The molecule has 2 aliphatic heterocycles. The first-order chi connectivity index (χ1) is 20.4. The summed E-state index contributed by atoms with van der Waals surface area (Å²) in [4.78, 5) is 42.2. The summed E-state index contributed by atoms with van der Waals surface area (Å²) >= 11 is 0. The molecule has 2 heterocycles. The third-order valence-corrected chi connectivity index (χ3v) is 7.04. The SMILES string of the molecule is NC(=NO)c1ccc(N2CCN(CC(=O)NC(CC(=O)OCc3ccccc3)c3ccc4c(c3)OCO4)C(=O)C2)cc1.